The predicted octanol–water partition coefficient (Wildman–Crippen LogP) is 3.53. The fourth-order valence-corrected chi connectivity index (χ4v) is 2.18. The third kappa shape index (κ3) is 3.83. The van der Waals surface area contributed by atoms with E-state index in [2.05, 4.69) is 4.98 Å². The van der Waals surface area contributed by atoms with Gasteiger partial charge in [-0.3, -0.25) is 9.59 Å². The van der Waals surface area contributed by atoms with Crippen molar-refractivity contribution in [1.29, 1.82) is 0 Å². The second kappa shape index (κ2) is 6.87. The molecule has 0 saturated carbocycles. The van der Waals surface area contributed by atoms with Crippen LogP contribution in [0.1, 0.15) is 29.1 Å². The summed E-state index contributed by atoms with van der Waals surface area (Å²) in [6, 6.07) is 16.2. The van der Waals surface area contributed by atoms with Crippen molar-refractivity contribution in [2.24, 2.45) is 0 Å². The van der Waals surface area contributed by atoms with E-state index in [9.17, 15) is 9.59 Å². The highest BCUT2D eigenvalue weighted by Gasteiger charge is 2.12. The smallest absolute Gasteiger partial charge is 0.306 e. The fraction of sp³-hybridized carbons (Fsp3) is 0.167. The minimum absolute atomic E-state index is 0.0347. The van der Waals surface area contributed by atoms with E-state index in [0.29, 0.717) is 17.0 Å². The van der Waals surface area contributed by atoms with Crippen LogP contribution >= 0.6 is 0 Å². The van der Waals surface area contributed by atoms with Crippen LogP contribution < -0.4 is 0 Å². The number of nitrogens with zero attached hydrogens (tertiary/aromatic N) is 1. The SMILES string of the molecule is O=C(CCC(=O)c1ccccc1)OCc1nc2ccccc2o1. The van der Waals surface area contributed by atoms with Gasteiger partial charge < -0.3 is 9.15 Å². The van der Waals surface area contributed by atoms with Crippen LogP contribution in [-0.2, 0) is 16.1 Å². The molecule has 0 aliphatic carbocycles. The molecular formula is C18H15NO4. The molecule has 3 rings (SSSR count). The molecule has 3 aromatic rings. The first-order valence-corrected chi connectivity index (χ1v) is 7.31. The standard InChI is InChI=1S/C18H15NO4/c20-15(13-6-2-1-3-7-13)10-11-18(21)22-12-17-19-14-8-4-5-9-16(14)23-17/h1-9H,10-12H2. The van der Waals surface area contributed by atoms with Crippen molar-refractivity contribution in [1.82, 2.24) is 4.98 Å². The molecule has 1 heterocycles. The minimum atomic E-state index is -0.448. The summed E-state index contributed by atoms with van der Waals surface area (Å²) in [5.41, 5.74) is 1.97. The van der Waals surface area contributed by atoms with Crippen LogP contribution in [-0.4, -0.2) is 16.7 Å². The number of rotatable bonds is 6. The van der Waals surface area contributed by atoms with Gasteiger partial charge in [0.25, 0.3) is 0 Å². The Labute approximate surface area is 132 Å². The van der Waals surface area contributed by atoms with Gasteiger partial charge in [0.2, 0.25) is 5.89 Å². The molecule has 5 nitrogen and oxygen atoms in total. The topological polar surface area (TPSA) is 69.4 Å². The fourth-order valence-electron chi connectivity index (χ4n) is 2.18. The molecule has 0 atom stereocenters. The number of carbonyl (C=O) groups excluding carboxylic acids is 2. The van der Waals surface area contributed by atoms with Crippen LogP contribution in [0.3, 0.4) is 0 Å². The minimum Gasteiger partial charge on any atom is -0.456 e. The number of esters is 1. The van der Waals surface area contributed by atoms with E-state index < -0.39 is 5.97 Å². The van der Waals surface area contributed by atoms with Crippen LogP contribution in [0.5, 0.6) is 0 Å². The van der Waals surface area contributed by atoms with Crippen molar-refractivity contribution in [3.8, 4) is 0 Å². The normalized spacial score (nSPS) is 10.6. The molecule has 0 fully saturated rings. The molecular weight excluding hydrogens is 294 g/mol. The Balaban J connectivity index is 1.49. The third-order valence-corrected chi connectivity index (χ3v) is 3.35. The highest BCUT2D eigenvalue weighted by atomic mass is 16.5. The summed E-state index contributed by atoms with van der Waals surface area (Å²) in [7, 11) is 0. The molecule has 0 aliphatic heterocycles. The lowest BCUT2D eigenvalue weighted by atomic mass is 10.1. The summed E-state index contributed by atoms with van der Waals surface area (Å²) in [6.07, 6.45) is 0.157. The van der Waals surface area contributed by atoms with Crippen LogP contribution in [0.15, 0.2) is 59.0 Å². The van der Waals surface area contributed by atoms with Crippen molar-refractivity contribution >= 4 is 22.9 Å². The summed E-state index contributed by atoms with van der Waals surface area (Å²) in [4.78, 5) is 27.8. The van der Waals surface area contributed by atoms with E-state index in [1.54, 1.807) is 30.3 Å². The van der Waals surface area contributed by atoms with Gasteiger partial charge in [0, 0.05) is 12.0 Å². The van der Waals surface area contributed by atoms with Gasteiger partial charge in [0.05, 0.1) is 6.42 Å². The van der Waals surface area contributed by atoms with E-state index in [4.69, 9.17) is 9.15 Å². The lowest BCUT2D eigenvalue weighted by Crippen LogP contribution is -2.08. The largest absolute Gasteiger partial charge is 0.456 e. The van der Waals surface area contributed by atoms with Crippen LogP contribution in [0.2, 0.25) is 0 Å². The van der Waals surface area contributed by atoms with E-state index in [1.807, 2.05) is 24.3 Å². The summed E-state index contributed by atoms with van der Waals surface area (Å²) < 4.78 is 10.6. The Hall–Kier alpha value is -2.95. The molecule has 0 saturated heterocycles. The molecule has 0 N–H and O–H groups in total. The molecule has 0 aliphatic rings. The zero-order valence-corrected chi connectivity index (χ0v) is 12.4. The second-order valence-electron chi connectivity index (χ2n) is 5.03. The Morgan fingerprint density at radius 1 is 0.957 bits per heavy atom. The number of para-hydroxylation sites is 2. The van der Waals surface area contributed by atoms with Crippen molar-refractivity contribution in [3.05, 3.63) is 66.1 Å². The predicted molar refractivity (Wildman–Crippen MR) is 83.8 cm³/mol. The van der Waals surface area contributed by atoms with Gasteiger partial charge in [0.1, 0.15) is 5.52 Å². The third-order valence-electron chi connectivity index (χ3n) is 3.35. The van der Waals surface area contributed by atoms with Crippen LogP contribution in [0.25, 0.3) is 11.1 Å². The monoisotopic (exact) mass is 309 g/mol. The number of carbonyl (C=O) groups is 2. The number of aromatic nitrogens is 1. The number of ketones is 1. The molecule has 0 radical (unpaired) electrons. The first-order chi connectivity index (χ1) is 11.2. The number of fused-ring (bicyclic) bond motifs is 1. The maximum Gasteiger partial charge on any atom is 0.306 e. The van der Waals surface area contributed by atoms with E-state index in [1.165, 1.54) is 0 Å². The molecule has 0 spiro atoms. The number of benzene rings is 2. The average Bonchev–Trinajstić information content (AvgIpc) is 3.01. The molecule has 0 unspecified atom stereocenters. The van der Waals surface area contributed by atoms with Crippen LogP contribution in [0.4, 0.5) is 0 Å². The summed E-state index contributed by atoms with van der Waals surface area (Å²) in [6.45, 7) is -0.0347. The number of oxazole rings is 1. The number of Topliss-reactive ketones (excluding diaryl/α,β-unsaturated/α-hetero) is 1. The first-order valence-electron chi connectivity index (χ1n) is 7.31. The Morgan fingerprint density at radius 3 is 2.48 bits per heavy atom. The molecule has 2 aromatic carbocycles. The van der Waals surface area contributed by atoms with Crippen molar-refractivity contribution in [2.45, 2.75) is 19.4 Å². The summed E-state index contributed by atoms with van der Waals surface area (Å²) in [5, 5.41) is 0. The van der Waals surface area contributed by atoms with Gasteiger partial charge >= 0.3 is 5.97 Å². The maximum absolute atomic E-state index is 11.9. The van der Waals surface area contributed by atoms with Crippen LogP contribution in [0, 0.1) is 0 Å². The lowest BCUT2D eigenvalue weighted by molar-refractivity contribution is -0.145. The van der Waals surface area contributed by atoms with Gasteiger partial charge in [-0.15, -0.1) is 0 Å². The van der Waals surface area contributed by atoms with Crippen molar-refractivity contribution in [2.75, 3.05) is 0 Å². The van der Waals surface area contributed by atoms with E-state index in [0.717, 1.165) is 5.52 Å². The number of ether oxygens (including phenoxy) is 1. The zero-order valence-electron chi connectivity index (χ0n) is 12.4. The number of hydrogen-bond acceptors (Lipinski definition) is 5. The highest BCUT2D eigenvalue weighted by Crippen LogP contribution is 2.15. The molecule has 1 aromatic heterocycles. The van der Waals surface area contributed by atoms with E-state index >= 15 is 0 Å². The van der Waals surface area contributed by atoms with E-state index in [-0.39, 0.29) is 25.2 Å². The first kappa shape index (κ1) is 15.0. The maximum atomic E-state index is 11.9. The highest BCUT2D eigenvalue weighted by molar-refractivity contribution is 5.97. The van der Waals surface area contributed by atoms with Gasteiger partial charge in [-0.25, -0.2) is 4.98 Å². The van der Waals surface area contributed by atoms with Crippen molar-refractivity contribution < 1.29 is 18.7 Å². The van der Waals surface area contributed by atoms with Gasteiger partial charge in [-0.2, -0.15) is 0 Å². The molecule has 0 amide bonds. The van der Waals surface area contributed by atoms with Crippen molar-refractivity contribution in [3.63, 3.8) is 0 Å². The molecule has 0 bridgehead atoms. The molecule has 23 heavy (non-hydrogen) atoms. The van der Waals surface area contributed by atoms with Gasteiger partial charge in [0.15, 0.2) is 18.0 Å². The summed E-state index contributed by atoms with van der Waals surface area (Å²) in [5.74, 6) is -0.185. The zero-order chi connectivity index (χ0) is 16.1. The van der Waals surface area contributed by atoms with Gasteiger partial charge in [-0.05, 0) is 12.1 Å². The Morgan fingerprint density at radius 2 is 1.70 bits per heavy atom. The number of hydrogen-bond donors (Lipinski definition) is 0. The Bertz CT molecular complexity index is 790. The van der Waals surface area contributed by atoms with Gasteiger partial charge in [-0.1, -0.05) is 42.5 Å². The molecule has 116 valence electrons. The quantitative estimate of drug-likeness (QED) is 0.514. The average molecular weight is 309 g/mol. The second-order valence-corrected chi connectivity index (χ2v) is 5.03. The summed E-state index contributed by atoms with van der Waals surface area (Å²) >= 11 is 0. The molecule has 5 heteroatoms. The lowest BCUT2D eigenvalue weighted by Gasteiger charge is -2.02. The Kier molecular flexibility index (Phi) is 4.47.